The van der Waals surface area contributed by atoms with Crippen LogP contribution < -0.4 is 0 Å². The lowest BCUT2D eigenvalue weighted by Gasteiger charge is -2.28. The van der Waals surface area contributed by atoms with Crippen LogP contribution >= 0.6 is 0 Å². The Morgan fingerprint density at radius 2 is 0.336 bits per heavy atom. The topological polar surface area (TPSA) is 0 Å². The molecule has 0 atom stereocenters. The van der Waals surface area contributed by atoms with Gasteiger partial charge in [-0.1, -0.05) is 391 Å². The molecule has 0 heteroatoms. The lowest BCUT2D eigenvalue weighted by molar-refractivity contribution is 0.579. The SMILES string of the molecule is CC(C)(C)c1ccc2c(c1)C(C)(C)c1cc(C(C)(C)C)cc(-c3c4c(c(-c5cc(C(C)(C)C)cc6c5-c5ccc(C(C)(C)C)cc5C6(C)C)c5ccccc35)=c3ccc5c6c(ccc=4c36)=c3c(-c4cc(C(C)(C)C)cc6c4-c4ccc(C(C)(C)C)cc4C6(C)C)c4ccccc4c(-c4cc(C(C)(C)C)cc6c4-c4ccc(C(C)(C)C)cc4C6(C)C)c3=5)c1-2. The minimum atomic E-state index is -0.294. The fourth-order valence-electron chi connectivity index (χ4n) is 23.2. The Morgan fingerprint density at radius 3 is 0.508 bits per heavy atom. The van der Waals surface area contributed by atoms with Gasteiger partial charge in [-0.3, -0.25) is 0 Å². The second-order valence-electron chi connectivity index (χ2n) is 48.5. The van der Waals surface area contributed by atoms with Crippen molar-refractivity contribution in [3.63, 3.8) is 0 Å². The Hall–Kier alpha value is -10.1. The minimum Gasteiger partial charge on any atom is -0.0616 e. The molecule has 122 heavy (non-hydrogen) atoms. The summed E-state index contributed by atoms with van der Waals surface area (Å²) in [6, 6.07) is 81.5. The van der Waals surface area contributed by atoms with Crippen LogP contribution in [0.25, 0.3) is 121 Å². The molecule has 0 bridgehead atoms. The first-order chi connectivity index (χ1) is 56.6. The highest BCUT2D eigenvalue weighted by Gasteiger charge is 2.47. The third kappa shape index (κ3) is 11.1. The maximum absolute atomic E-state index is 2.67. The zero-order chi connectivity index (χ0) is 87.2. The number of rotatable bonds is 4. The van der Waals surface area contributed by atoms with Crippen molar-refractivity contribution in [2.24, 2.45) is 0 Å². The maximum Gasteiger partial charge on any atom is 0.0159 e. The van der Waals surface area contributed by atoms with E-state index in [0.717, 1.165) is 0 Å². The lowest BCUT2D eigenvalue weighted by atomic mass is 9.75. The summed E-state index contributed by atoms with van der Waals surface area (Å²) in [5.74, 6) is 0. The highest BCUT2D eigenvalue weighted by molar-refractivity contribution is 6.15. The first-order valence-electron chi connectivity index (χ1n) is 45.8. The van der Waals surface area contributed by atoms with E-state index in [4.69, 9.17) is 0 Å². The molecule has 14 aromatic rings. The molecule has 616 valence electrons. The van der Waals surface area contributed by atoms with E-state index in [0.29, 0.717) is 0 Å². The van der Waals surface area contributed by atoms with E-state index in [-0.39, 0.29) is 65.0 Å². The summed E-state index contributed by atoms with van der Waals surface area (Å²) in [4.78, 5) is 0. The van der Waals surface area contributed by atoms with Crippen molar-refractivity contribution >= 4 is 32.3 Å². The van der Waals surface area contributed by atoms with Crippen LogP contribution in [-0.4, -0.2) is 0 Å². The van der Waals surface area contributed by atoms with Gasteiger partial charge in [-0.25, -0.2) is 0 Å². The van der Waals surface area contributed by atoms with Gasteiger partial charge in [0.25, 0.3) is 0 Å². The summed E-state index contributed by atoms with van der Waals surface area (Å²) < 4.78 is 0. The van der Waals surface area contributed by atoms with Gasteiger partial charge in [-0.2, -0.15) is 0 Å². The predicted octanol–water partition coefficient (Wildman–Crippen LogP) is 33.2. The van der Waals surface area contributed by atoms with Gasteiger partial charge in [0.15, 0.2) is 0 Å². The number of fused-ring (bicyclic) bond motifs is 16. The van der Waals surface area contributed by atoms with Gasteiger partial charge in [0.2, 0.25) is 0 Å². The molecule has 0 saturated heterocycles. The summed E-state index contributed by atoms with van der Waals surface area (Å²) in [5, 5.41) is 18.5. The minimum absolute atomic E-state index is 0.0361. The Balaban J connectivity index is 1.07. The molecule has 0 amide bonds. The summed E-state index contributed by atoms with van der Waals surface area (Å²) >= 11 is 0. The molecule has 0 heterocycles. The van der Waals surface area contributed by atoms with Crippen molar-refractivity contribution in [1.29, 1.82) is 0 Å². The summed E-state index contributed by atoms with van der Waals surface area (Å²) in [6.07, 6.45) is 0. The Kier molecular flexibility index (Phi) is 16.4. The number of hydrogen-bond acceptors (Lipinski definition) is 0. The van der Waals surface area contributed by atoms with E-state index in [1.165, 1.54) is 252 Å². The standard InChI is InChI=1S/C122H128/c1-111(2,3)65-41-45-77-89(57-65)119(25,26)93-61-69(115(13,14)15)53-85(97(77)93)101-73-37-33-34-38-74(73)102(86-54-70(116(16,17)18)62-94-98(86)78-46-42-66(112(4,5)6)58-90(78)120(94,27)28)108-82-51-52-84-106-83(50-49-81(105(82)106)107(101)108)109-103(87-55-71(117(19,20)21)63-95-99(87)79-47-43-67(113(7,8)9)59-91(79)121(95,29)30)75-39-35-36-40-76(75)104(110(84)109)88-56-72(118(22,23)24)64-96-100(88)80-48-44-68(114(10,11)12)60-92(80)122(96,31)32/h33-64H,1-32H3. The van der Waals surface area contributed by atoms with Crippen LogP contribution in [0.15, 0.2) is 194 Å². The smallest absolute Gasteiger partial charge is 0.0159 e. The van der Waals surface area contributed by atoms with Crippen molar-refractivity contribution in [3.05, 3.63) is 325 Å². The zero-order valence-corrected chi connectivity index (χ0v) is 79.5. The van der Waals surface area contributed by atoms with E-state index < -0.39 is 0 Å². The highest BCUT2D eigenvalue weighted by atomic mass is 14.5. The normalized spacial score (nSPS) is 16.0. The van der Waals surface area contributed by atoms with Crippen LogP contribution in [0.3, 0.4) is 0 Å². The van der Waals surface area contributed by atoms with Crippen molar-refractivity contribution in [1.82, 2.24) is 0 Å². The van der Waals surface area contributed by atoms with Crippen molar-refractivity contribution in [3.8, 4) is 89.0 Å². The molecular formula is C122H128. The summed E-state index contributed by atoms with van der Waals surface area (Å²) in [6.45, 7) is 78.0. The van der Waals surface area contributed by atoms with E-state index >= 15 is 0 Å². The first kappa shape index (κ1) is 80.3. The van der Waals surface area contributed by atoms with Gasteiger partial charge < -0.3 is 0 Å². The average Bonchev–Trinajstić information content (AvgIpc) is 1.49. The molecule has 6 aliphatic rings. The van der Waals surface area contributed by atoms with Gasteiger partial charge in [0, 0.05) is 21.7 Å². The fraction of sp³-hybridized carbons (Fsp3) is 0.361. The molecular weight excluding hydrogens is 1470 g/mol. The lowest BCUT2D eigenvalue weighted by Crippen LogP contribution is -2.19. The van der Waals surface area contributed by atoms with E-state index in [1.807, 2.05) is 0 Å². The van der Waals surface area contributed by atoms with E-state index in [2.05, 4.69) is 416 Å². The Morgan fingerprint density at radius 1 is 0.164 bits per heavy atom. The molecule has 0 saturated carbocycles. The zero-order valence-electron chi connectivity index (χ0n) is 79.5. The second-order valence-corrected chi connectivity index (χ2v) is 48.5. The van der Waals surface area contributed by atoms with Crippen LogP contribution in [0, 0.1) is 41.7 Å². The molecule has 0 unspecified atom stereocenters. The molecule has 20 rings (SSSR count). The largest absolute Gasteiger partial charge is 0.0616 e. The molecule has 6 aliphatic carbocycles. The molecule has 0 aliphatic heterocycles. The van der Waals surface area contributed by atoms with Gasteiger partial charge in [-0.15, -0.1) is 0 Å². The third-order valence-electron chi connectivity index (χ3n) is 30.8. The molecule has 0 N–H and O–H groups in total. The quantitative estimate of drug-likeness (QED) is 0.165. The molecule has 0 aromatic heterocycles. The van der Waals surface area contributed by atoms with Crippen molar-refractivity contribution in [2.75, 3.05) is 0 Å². The molecule has 0 nitrogen and oxygen atoms in total. The summed E-state index contributed by atoms with van der Waals surface area (Å²) in [5.41, 5.74) is 41.7. The van der Waals surface area contributed by atoms with E-state index in [1.54, 1.807) is 0 Å². The molecule has 0 radical (unpaired) electrons. The monoisotopic (exact) mass is 1590 g/mol. The predicted molar refractivity (Wildman–Crippen MR) is 524 cm³/mol. The van der Waals surface area contributed by atoms with Crippen molar-refractivity contribution < 1.29 is 0 Å². The van der Waals surface area contributed by atoms with Crippen LogP contribution in [0.5, 0.6) is 0 Å². The van der Waals surface area contributed by atoms with Gasteiger partial charge in [-0.05, 0) is 320 Å². The second kappa shape index (κ2) is 24.9. The van der Waals surface area contributed by atoms with Crippen molar-refractivity contribution in [2.45, 2.75) is 287 Å². The van der Waals surface area contributed by atoms with Crippen LogP contribution in [0.1, 0.15) is 311 Å². The van der Waals surface area contributed by atoms with E-state index in [9.17, 15) is 0 Å². The van der Waals surface area contributed by atoms with Crippen LogP contribution in [0.2, 0.25) is 0 Å². The Bertz CT molecular complexity index is 6680. The molecule has 0 spiro atoms. The van der Waals surface area contributed by atoms with Crippen LogP contribution in [-0.2, 0) is 65.0 Å². The fourth-order valence-corrected chi connectivity index (χ4v) is 23.2. The first-order valence-corrected chi connectivity index (χ1v) is 45.8. The number of benzene rings is 14. The third-order valence-corrected chi connectivity index (χ3v) is 30.8. The van der Waals surface area contributed by atoms with Crippen LogP contribution in [0.4, 0.5) is 0 Å². The Labute approximate surface area is 727 Å². The number of hydrogen-bond donors (Lipinski definition) is 0. The average molecular weight is 1590 g/mol. The maximum atomic E-state index is 2.67. The van der Waals surface area contributed by atoms with Gasteiger partial charge in [0.05, 0.1) is 0 Å². The molecule has 14 aromatic carbocycles. The van der Waals surface area contributed by atoms with Gasteiger partial charge >= 0.3 is 0 Å². The molecule has 0 fully saturated rings. The van der Waals surface area contributed by atoms with Gasteiger partial charge in [0.1, 0.15) is 0 Å². The highest BCUT2D eigenvalue weighted by Crippen LogP contribution is 2.63. The summed E-state index contributed by atoms with van der Waals surface area (Å²) in [7, 11) is 0.